The van der Waals surface area contributed by atoms with Crippen molar-refractivity contribution < 1.29 is 14.9 Å². The minimum atomic E-state index is -1.26. The highest BCUT2D eigenvalue weighted by atomic mass is 16.5. The summed E-state index contributed by atoms with van der Waals surface area (Å²) in [7, 11) is 0. The Balaban J connectivity index is 1.93. The normalized spacial score (nSPS) is 34.4. The molecule has 4 heteroatoms. The lowest BCUT2D eigenvalue weighted by molar-refractivity contribution is 0.00443. The van der Waals surface area contributed by atoms with Gasteiger partial charge in [0, 0.05) is 17.9 Å². The Bertz CT molecular complexity index is 508. The van der Waals surface area contributed by atoms with E-state index in [0.29, 0.717) is 19.3 Å². The van der Waals surface area contributed by atoms with Crippen LogP contribution >= 0.6 is 0 Å². The standard InChI is InChI=1S/C13H13NO3/c14-7-13(16)4-3-9-10-5-8(15)1-2-11(10)17-12(9)6-13/h1-2,5,9,12,15-16H,3-4,6H2. The van der Waals surface area contributed by atoms with E-state index in [4.69, 9.17) is 10.00 Å². The Morgan fingerprint density at radius 3 is 3.06 bits per heavy atom. The van der Waals surface area contributed by atoms with Gasteiger partial charge in [0.15, 0.2) is 5.60 Å². The van der Waals surface area contributed by atoms with E-state index in [1.807, 2.05) is 6.07 Å². The largest absolute Gasteiger partial charge is 0.508 e. The van der Waals surface area contributed by atoms with Gasteiger partial charge < -0.3 is 14.9 Å². The van der Waals surface area contributed by atoms with Gasteiger partial charge in [-0.25, -0.2) is 0 Å². The van der Waals surface area contributed by atoms with Crippen LogP contribution in [0.5, 0.6) is 11.5 Å². The minimum Gasteiger partial charge on any atom is -0.508 e. The van der Waals surface area contributed by atoms with E-state index in [1.54, 1.807) is 18.2 Å². The fraction of sp³-hybridized carbons (Fsp3) is 0.462. The van der Waals surface area contributed by atoms with Crippen LogP contribution in [0.4, 0.5) is 0 Å². The van der Waals surface area contributed by atoms with Crippen LogP contribution in [0.25, 0.3) is 0 Å². The number of nitriles is 1. The molecule has 1 aliphatic heterocycles. The number of phenols is 1. The molecular formula is C13H13NO3. The second-order valence-electron chi connectivity index (χ2n) is 4.87. The third-order valence-electron chi connectivity index (χ3n) is 3.74. The summed E-state index contributed by atoms with van der Waals surface area (Å²) in [6, 6.07) is 7.01. The van der Waals surface area contributed by atoms with Crippen molar-refractivity contribution in [2.75, 3.05) is 0 Å². The molecule has 4 nitrogen and oxygen atoms in total. The van der Waals surface area contributed by atoms with E-state index in [0.717, 1.165) is 11.3 Å². The summed E-state index contributed by atoms with van der Waals surface area (Å²) in [6.45, 7) is 0. The number of aromatic hydroxyl groups is 1. The Kier molecular flexibility index (Phi) is 2.07. The van der Waals surface area contributed by atoms with Gasteiger partial charge in [0.1, 0.15) is 17.6 Å². The van der Waals surface area contributed by atoms with Gasteiger partial charge in [-0.05, 0) is 31.0 Å². The Labute approximate surface area is 99.1 Å². The average molecular weight is 231 g/mol. The second-order valence-corrected chi connectivity index (χ2v) is 4.87. The van der Waals surface area contributed by atoms with E-state index in [-0.39, 0.29) is 17.8 Å². The number of hydrogen-bond donors (Lipinski definition) is 2. The predicted octanol–water partition coefficient (Wildman–Crippen LogP) is 1.68. The Hall–Kier alpha value is -1.73. The highest BCUT2D eigenvalue weighted by Gasteiger charge is 2.45. The van der Waals surface area contributed by atoms with Crippen LogP contribution in [0.1, 0.15) is 30.7 Å². The Morgan fingerprint density at radius 2 is 2.29 bits per heavy atom. The highest BCUT2D eigenvalue weighted by Crippen LogP contribution is 2.48. The van der Waals surface area contributed by atoms with Gasteiger partial charge in [0.25, 0.3) is 0 Å². The molecule has 17 heavy (non-hydrogen) atoms. The second kappa shape index (κ2) is 3.38. The molecule has 1 aliphatic carbocycles. The number of benzene rings is 1. The first kappa shape index (κ1) is 10.4. The number of phenolic OH excluding ortho intramolecular Hbond substituents is 1. The lowest BCUT2D eigenvalue weighted by atomic mass is 9.76. The summed E-state index contributed by atoms with van der Waals surface area (Å²) in [5.41, 5.74) is -0.263. The van der Waals surface area contributed by atoms with E-state index < -0.39 is 5.60 Å². The molecule has 88 valence electrons. The molecule has 1 heterocycles. The molecule has 2 aliphatic rings. The van der Waals surface area contributed by atoms with Crippen LogP contribution in [-0.4, -0.2) is 21.9 Å². The van der Waals surface area contributed by atoms with Crippen molar-refractivity contribution in [2.24, 2.45) is 0 Å². The summed E-state index contributed by atoms with van der Waals surface area (Å²) in [5, 5.41) is 28.4. The third kappa shape index (κ3) is 1.55. The van der Waals surface area contributed by atoms with Crippen molar-refractivity contribution in [1.29, 1.82) is 5.26 Å². The number of ether oxygens (including phenoxy) is 1. The van der Waals surface area contributed by atoms with Crippen LogP contribution < -0.4 is 4.74 Å². The molecule has 0 saturated heterocycles. The maximum absolute atomic E-state index is 9.97. The van der Waals surface area contributed by atoms with Crippen LogP contribution in [0, 0.1) is 11.3 Å². The van der Waals surface area contributed by atoms with Crippen molar-refractivity contribution in [3.63, 3.8) is 0 Å². The van der Waals surface area contributed by atoms with Gasteiger partial charge in [-0.15, -0.1) is 0 Å². The highest BCUT2D eigenvalue weighted by molar-refractivity contribution is 5.46. The fourth-order valence-corrected chi connectivity index (χ4v) is 2.83. The molecule has 2 N–H and O–H groups in total. The topological polar surface area (TPSA) is 73.5 Å². The summed E-state index contributed by atoms with van der Waals surface area (Å²) in [5.74, 6) is 1.18. The maximum Gasteiger partial charge on any atom is 0.154 e. The molecule has 1 saturated carbocycles. The van der Waals surface area contributed by atoms with Crippen LogP contribution in [0.15, 0.2) is 18.2 Å². The van der Waals surface area contributed by atoms with Crippen molar-refractivity contribution in [3.8, 4) is 17.6 Å². The van der Waals surface area contributed by atoms with Crippen LogP contribution in [-0.2, 0) is 0 Å². The van der Waals surface area contributed by atoms with Crippen molar-refractivity contribution in [1.82, 2.24) is 0 Å². The van der Waals surface area contributed by atoms with Gasteiger partial charge in [-0.3, -0.25) is 0 Å². The number of rotatable bonds is 0. The first-order valence-corrected chi connectivity index (χ1v) is 5.74. The molecule has 0 spiro atoms. The van der Waals surface area contributed by atoms with Crippen LogP contribution in [0.2, 0.25) is 0 Å². The zero-order chi connectivity index (χ0) is 12.0. The van der Waals surface area contributed by atoms with Crippen molar-refractivity contribution >= 4 is 0 Å². The van der Waals surface area contributed by atoms with Gasteiger partial charge in [0.2, 0.25) is 0 Å². The quantitative estimate of drug-likeness (QED) is 0.666. The molecular weight excluding hydrogens is 218 g/mol. The van der Waals surface area contributed by atoms with Gasteiger partial charge in [0.05, 0.1) is 6.07 Å². The lowest BCUT2D eigenvalue weighted by Gasteiger charge is -2.33. The van der Waals surface area contributed by atoms with Crippen molar-refractivity contribution in [2.45, 2.75) is 36.9 Å². The van der Waals surface area contributed by atoms with Gasteiger partial charge in [-0.2, -0.15) is 5.26 Å². The monoisotopic (exact) mass is 231 g/mol. The summed E-state index contributed by atoms with van der Waals surface area (Å²) >= 11 is 0. The number of hydrogen-bond acceptors (Lipinski definition) is 4. The minimum absolute atomic E-state index is 0.148. The zero-order valence-corrected chi connectivity index (χ0v) is 9.26. The first-order chi connectivity index (χ1) is 8.11. The summed E-state index contributed by atoms with van der Waals surface area (Å²) < 4.78 is 5.74. The molecule has 1 aromatic rings. The molecule has 3 atom stereocenters. The molecule has 0 bridgehead atoms. The number of fused-ring (bicyclic) bond motifs is 3. The molecule has 0 radical (unpaired) electrons. The predicted molar refractivity (Wildman–Crippen MR) is 59.7 cm³/mol. The SMILES string of the molecule is N#CC1(O)CCC2c3cc(O)ccc3OC2C1. The van der Waals surface area contributed by atoms with Gasteiger partial charge in [-0.1, -0.05) is 0 Å². The van der Waals surface area contributed by atoms with Crippen LogP contribution in [0.3, 0.4) is 0 Å². The zero-order valence-electron chi connectivity index (χ0n) is 9.26. The molecule has 1 aromatic carbocycles. The van der Waals surface area contributed by atoms with E-state index in [1.165, 1.54) is 0 Å². The molecule has 3 unspecified atom stereocenters. The molecule has 0 amide bonds. The molecule has 1 fully saturated rings. The number of nitrogens with zero attached hydrogens (tertiary/aromatic N) is 1. The maximum atomic E-state index is 9.97. The summed E-state index contributed by atoms with van der Waals surface area (Å²) in [6.07, 6.45) is 1.36. The van der Waals surface area contributed by atoms with E-state index in [9.17, 15) is 10.2 Å². The molecule has 0 aromatic heterocycles. The Morgan fingerprint density at radius 1 is 1.47 bits per heavy atom. The summed E-state index contributed by atoms with van der Waals surface area (Å²) in [4.78, 5) is 0. The van der Waals surface area contributed by atoms with E-state index in [2.05, 4.69) is 0 Å². The lowest BCUT2D eigenvalue weighted by Crippen LogP contribution is -2.40. The fourth-order valence-electron chi connectivity index (χ4n) is 2.83. The number of aliphatic hydroxyl groups is 1. The smallest absolute Gasteiger partial charge is 0.154 e. The van der Waals surface area contributed by atoms with Crippen molar-refractivity contribution in [3.05, 3.63) is 23.8 Å². The molecule has 3 rings (SSSR count). The third-order valence-corrected chi connectivity index (χ3v) is 3.74. The first-order valence-electron chi connectivity index (χ1n) is 5.74. The average Bonchev–Trinajstić information content (AvgIpc) is 2.65. The van der Waals surface area contributed by atoms with E-state index >= 15 is 0 Å². The van der Waals surface area contributed by atoms with Gasteiger partial charge >= 0.3 is 0 Å².